The Balaban J connectivity index is 2.99. The second kappa shape index (κ2) is 13.1. The van der Waals surface area contributed by atoms with Crippen LogP contribution in [0.1, 0.15) is 46.1 Å². The zero-order valence-electron chi connectivity index (χ0n) is 19.3. The van der Waals surface area contributed by atoms with Crippen LogP contribution < -0.4 is 21.7 Å². The van der Waals surface area contributed by atoms with Gasteiger partial charge in [0.1, 0.15) is 12.1 Å². The maximum Gasteiger partial charge on any atom is 0.405 e. The van der Waals surface area contributed by atoms with Crippen molar-refractivity contribution in [3.8, 4) is 0 Å². The molecule has 0 aliphatic rings. The van der Waals surface area contributed by atoms with Crippen LogP contribution in [0.4, 0.5) is 4.79 Å². The van der Waals surface area contributed by atoms with E-state index in [4.69, 9.17) is 10.8 Å². The van der Waals surface area contributed by atoms with E-state index >= 15 is 0 Å². The molecule has 4 atom stereocenters. The minimum absolute atomic E-state index is 0.00236. The highest BCUT2D eigenvalue weighted by atomic mass is 16.4. The average Bonchev–Trinajstić information content (AvgIpc) is 2.75. The molecule has 4 amide bonds. The highest BCUT2D eigenvalue weighted by Crippen LogP contribution is 2.12. The van der Waals surface area contributed by atoms with Gasteiger partial charge in [0.2, 0.25) is 17.6 Å². The topological polar surface area (TPSA) is 181 Å². The molecule has 11 heteroatoms. The summed E-state index contributed by atoms with van der Waals surface area (Å²) in [5.74, 6) is -3.99. The molecule has 0 saturated carbocycles. The van der Waals surface area contributed by atoms with Crippen LogP contribution in [-0.2, 0) is 25.6 Å². The van der Waals surface area contributed by atoms with E-state index in [9.17, 15) is 24.0 Å². The molecule has 33 heavy (non-hydrogen) atoms. The predicted molar refractivity (Wildman–Crippen MR) is 120 cm³/mol. The summed E-state index contributed by atoms with van der Waals surface area (Å²) in [5.41, 5.74) is 6.03. The van der Waals surface area contributed by atoms with Crippen LogP contribution in [0, 0.1) is 11.8 Å². The number of nitrogens with one attached hydrogen (secondary N) is 3. The summed E-state index contributed by atoms with van der Waals surface area (Å²) in [6.45, 7) is 7.10. The summed E-state index contributed by atoms with van der Waals surface area (Å²) >= 11 is 0. The van der Waals surface area contributed by atoms with Gasteiger partial charge < -0.3 is 26.8 Å². The van der Waals surface area contributed by atoms with Gasteiger partial charge in [0.05, 0.1) is 6.04 Å². The summed E-state index contributed by atoms with van der Waals surface area (Å²) < 4.78 is 0. The Morgan fingerprint density at radius 2 is 1.73 bits per heavy atom. The van der Waals surface area contributed by atoms with Gasteiger partial charge >= 0.3 is 6.09 Å². The number of carbonyl (C=O) groups is 5. The first kappa shape index (κ1) is 27.5. The van der Waals surface area contributed by atoms with Crippen LogP contribution in [0.15, 0.2) is 24.5 Å². The molecule has 1 aromatic rings. The number of aromatic nitrogens is 1. The van der Waals surface area contributed by atoms with Gasteiger partial charge in [0.25, 0.3) is 5.91 Å². The lowest BCUT2D eigenvalue weighted by Gasteiger charge is -2.26. The van der Waals surface area contributed by atoms with E-state index in [-0.39, 0.29) is 18.8 Å². The summed E-state index contributed by atoms with van der Waals surface area (Å²) in [7, 11) is 0. The second-order valence-electron chi connectivity index (χ2n) is 8.36. The molecule has 1 rings (SSSR count). The number of carboxylic acid groups (broad SMARTS) is 1. The predicted octanol–water partition coefficient (Wildman–Crippen LogP) is 0.377. The number of primary amides is 1. The van der Waals surface area contributed by atoms with Gasteiger partial charge in [-0.3, -0.25) is 24.2 Å². The molecular weight excluding hydrogens is 430 g/mol. The molecule has 0 fully saturated rings. The van der Waals surface area contributed by atoms with Crippen LogP contribution in [-0.4, -0.2) is 57.8 Å². The summed E-state index contributed by atoms with van der Waals surface area (Å²) in [5, 5.41) is 16.0. The Bertz CT molecular complexity index is 845. The van der Waals surface area contributed by atoms with Crippen LogP contribution >= 0.6 is 0 Å². The van der Waals surface area contributed by atoms with Crippen LogP contribution in [0.2, 0.25) is 0 Å². The number of nitrogens with zero attached hydrogens (tertiary/aromatic N) is 1. The van der Waals surface area contributed by atoms with E-state index in [1.54, 1.807) is 32.2 Å². The first-order valence-corrected chi connectivity index (χ1v) is 10.8. The van der Waals surface area contributed by atoms with Crippen molar-refractivity contribution in [3.05, 3.63) is 30.1 Å². The van der Waals surface area contributed by atoms with Gasteiger partial charge in [-0.1, -0.05) is 40.2 Å². The zero-order valence-corrected chi connectivity index (χ0v) is 19.3. The van der Waals surface area contributed by atoms with E-state index in [1.807, 2.05) is 13.8 Å². The number of amides is 4. The molecule has 0 spiro atoms. The highest BCUT2D eigenvalue weighted by molar-refractivity contribution is 6.38. The number of pyridine rings is 1. The number of ketones is 1. The SMILES string of the molecule is CC[C@H](C)C(NC(=O)[C@H](CC(C)C)NC(=O)O)C(=O)C(=O)NC(Cc1cccnc1)C(N)=O. The Kier molecular flexibility index (Phi) is 11.0. The monoisotopic (exact) mass is 463 g/mol. The fourth-order valence-electron chi connectivity index (χ4n) is 3.16. The fraction of sp³-hybridized carbons (Fsp3) is 0.545. The number of hydrogen-bond acceptors (Lipinski definition) is 6. The third kappa shape index (κ3) is 9.26. The fourth-order valence-corrected chi connectivity index (χ4v) is 3.16. The first-order valence-electron chi connectivity index (χ1n) is 10.8. The maximum absolute atomic E-state index is 12.9. The number of hydrogen-bond donors (Lipinski definition) is 5. The molecule has 1 aromatic heterocycles. The summed E-state index contributed by atoms with van der Waals surface area (Å²) in [6.07, 6.45) is 2.40. The molecule has 0 radical (unpaired) electrons. The second-order valence-corrected chi connectivity index (χ2v) is 8.36. The number of rotatable bonds is 13. The van der Waals surface area contributed by atoms with Crippen molar-refractivity contribution in [3.63, 3.8) is 0 Å². The average molecular weight is 464 g/mol. The number of nitrogens with two attached hydrogens (primary N) is 1. The van der Waals surface area contributed by atoms with Gasteiger partial charge in [-0.2, -0.15) is 0 Å². The Hall–Kier alpha value is -3.50. The molecule has 1 heterocycles. The number of carbonyl (C=O) groups excluding carboxylic acids is 4. The largest absolute Gasteiger partial charge is 0.465 e. The minimum Gasteiger partial charge on any atom is -0.465 e. The lowest BCUT2D eigenvalue weighted by molar-refractivity contribution is -0.142. The van der Waals surface area contributed by atoms with E-state index in [2.05, 4.69) is 20.9 Å². The van der Waals surface area contributed by atoms with Crippen molar-refractivity contribution in [1.29, 1.82) is 0 Å². The lowest BCUT2D eigenvalue weighted by atomic mass is 9.93. The Labute approximate surface area is 192 Å². The normalized spacial score (nSPS) is 14.5. The van der Waals surface area contributed by atoms with E-state index in [0.717, 1.165) is 0 Å². The van der Waals surface area contributed by atoms with Crippen LogP contribution in [0.3, 0.4) is 0 Å². The van der Waals surface area contributed by atoms with Crippen molar-refractivity contribution >= 4 is 29.6 Å². The third-order valence-electron chi connectivity index (χ3n) is 5.15. The molecule has 0 aromatic carbocycles. The quantitative estimate of drug-likeness (QED) is 0.262. The van der Waals surface area contributed by atoms with E-state index in [0.29, 0.717) is 12.0 Å². The molecule has 0 saturated heterocycles. The van der Waals surface area contributed by atoms with Crippen molar-refractivity contribution in [2.24, 2.45) is 17.6 Å². The molecule has 2 unspecified atom stereocenters. The highest BCUT2D eigenvalue weighted by Gasteiger charge is 2.34. The van der Waals surface area contributed by atoms with Crippen molar-refractivity contribution in [2.75, 3.05) is 0 Å². The summed E-state index contributed by atoms with van der Waals surface area (Å²) in [4.78, 5) is 65.2. The molecular formula is C22H33N5O6. The zero-order chi connectivity index (χ0) is 25.1. The van der Waals surface area contributed by atoms with Gasteiger partial charge in [0, 0.05) is 18.8 Å². The molecule has 6 N–H and O–H groups in total. The van der Waals surface area contributed by atoms with Crippen molar-refractivity contribution < 1.29 is 29.1 Å². The van der Waals surface area contributed by atoms with Gasteiger partial charge in [-0.15, -0.1) is 0 Å². The van der Waals surface area contributed by atoms with Crippen molar-refractivity contribution in [1.82, 2.24) is 20.9 Å². The Morgan fingerprint density at radius 3 is 2.21 bits per heavy atom. The third-order valence-corrected chi connectivity index (χ3v) is 5.15. The molecule has 0 bridgehead atoms. The smallest absolute Gasteiger partial charge is 0.405 e. The molecule has 0 aliphatic heterocycles. The molecule has 182 valence electrons. The standard InChI is InChI=1S/C22H33N5O6/c1-5-13(4)17(27-20(30)16(9-12(2)3)26-22(32)33)18(28)21(31)25-15(19(23)29)10-14-7-6-8-24-11-14/h6-8,11-13,15-17,26H,5,9-10H2,1-4H3,(H2,23,29)(H,25,31)(H,27,30)(H,32,33)/t13-,15?,16-,17?/m0/s1. The van der Waals surface area contributed by atoms with Crippen LogP contribution in [0.25, 0.3) is 0 Å². The molecule has 11 nitrogen and oxygen atoms in total. The van der Waals surface area contributed by atoms with E-state index in [1.165, 1.54) is 6.20 Å². The Morgan fingerprint density at radius 1 is 1.06 bits per heavy atom. The number of Topliss-reactive ketones (excluding diaryl/α,β-unsaturated/α-hetero) is 1. The maximum atomic E-state index is 12.9. The lowest BCUT2D eigenvalue weighted by Crippen LogP contribution is -2.57. The summed E-state index contributed by atoms with van der Waals surface area (Å²) in [6, 6.07) is -0.0911. The minimum atomic E-state index is -1.38. The van der Waals surface area contributed by atoms with Crippen molar-refractivity contribution in [2.45, 2.75) is 65.1 Å². The van der Waals surface area contributed by atoms with Gasteiger partial charge in [-0.25, -0.2) is 4.79 Å². The van der Waals surface area contributed by atoms with Crippen LogP contribution in [0.5, 0.6) is 0 Å². The van der Waals surface area contributed by atoms with E-state index < -0.39 is 53.6 Å². The van der Waals surface area contributed by atoms with Gasteiger partial charge in [0.15, 0.2) is 0 Å². The first-order chi connectivity index (χ1) is 15.5. The van der Waals surface area contributed by atoms with Gasteiger partial charge in [-0.05, 0) is 29.9 Å². The molecule has 0 aliphatic carbocycles.